The van der Waals surface area contributed by atoms with E-state index in [1.54, 1.807) is 6.07 Å². The first-order valence-corrected chi connectivity index (χ1v) is 5.33. The predicted molar refractivity (Wildman–Crippen MR) is 53.5 cm³/mol. The molecule has 2 nitrogen and oxygen atoms in total. The van der Waals surface area contributed by atoms with Crippen LogP contribution in [0.1, 0.15) is 24.0 Å². The number of hydrogen-bond acceptors (Lipinski definition) is 2. The van der Waals surface area contributed by atoms with Crippen LogP contribution in [0.2, 0.25) is 0 Å². The van der Waals surface area contributed by atoms with Gasteiger partial charge in [-0.05, 0) is 24.5 Å². The van der Waals surface area contributed by atoms with Gasteiger partial charge in [0.2, 0.25) is 0 Å². The van der Waals surface area contributed by atoms with Crippen LogP contribution in [0.4, 0.5) is 4.39 Å². The van der Waals surface area contributed by atoms with Crippen molar-refractivity contribution in [2.24, 2.45) is 0 Å². The fourth-order valence-electron chi connectivity index (χ4n) is 2.11. The van der Waals surface area contributed by atoms with Crippen LogP contribution in [0.15, 0.2) is 12.1 Å². The minimum atomic E-state index is -0.665. The summed E-state index contributed by atoms with van der Waals surface area (Å²) in [5.74, 6) is 0.423. The Bertz CT molecular complexity index is 410. The first-order chi connectivity index (χ1) is 7.18. The highest BCUT2D eigenvalue weighted by Gasteiger charge is 2.42. The van der Waals surface area contributed by atoms with Crippen molar-refractivity contribution in [1.82, 2.24) is 0 Å². The van der Waals surface area contributed by atoms with Crippen molar-refractivity contribution in [2.75, 3.05) is 6.61 Å². The summed E-state index contributed by atoms with van der Waals surface area (Å²) in [4.78, 5) is 0. The van der Waals surface area contributed by atoms with Gasteiger partial charge in [-0.25, -0.2) is 4.39 Å². The molecule has 1 aromatic carbocycles. The van der Waals surface area contributed by atoms with Crippen LogP contribution in [0.5, 0.6) is 5.75 Å². The standard InChI is InChI=1S/C12H13FO2/c13-10-2-1-8-3-6-15-11(8)9(10)7-12(14)4-5-12/h1-2,14H,3-7H2. The van der Waals surface area contributed by atoms with Gasteiger partial charge in [0, 0.05) is 18.4 Å². The Kier molecular flexibility index (Phi) is 1.80. The summed E-state index contributed by atoms with van der Waals surface area (Å²) in [5, 5.41) is 9.82. The van der Waals surface area contributed by atoms with Gasteiger partial charge in [-0.3, -0.25) is 0 Å². The van der Waals surface area contributed by atoms with Crippen molar-refractivity contribution in [3.63, 3.8) is 0 Å². The van der Waals surface area contributed by atoms with Crippen molar-refractivity contribution >= 4 is 0 Å². The summed E-state index contributed by atoms with van der Waals surface area (Å²) in [6.07, 6.45) is 2.79. The highest BCUT2D eigenvalue weighted by atomic mass is 19.1. The maximum atomic E-state index is 13.6. The fraction of sp³-hybridized carbons (Fsp3) is 0.500. The van der Waals surface area contributed by atoms with Crippen LogP contribution < -0.4 is 4.74 Å². The molecule has 1 fully saturated rings. The van der Waals surface area contributed by atoms with E-state index in [0.717, 1.165) is 24.8 Å². The smallest absolute Gasteiger partial charge is 0.130 e. The van der Waals surface area contributed by atoms with E-state index in [9.17, 15) is 9.50 Å². The highest BCUT2D eigenvalue weighted by Crippen LogP contribution is 2.42. The molecule has 1 N–H and O–H groups in total. The molecule has 1 aliphatic heterocycles. The van der Waals surface area contributed by atoms with E-state index in [1.807, 2.05) is 0 Å². The lowest BCUT2D eigenvalue weighted by molar-refractivity contribution is 0.148. The molecule has 0 unspecified atom stereocenters. The van der Waals surface area contributed by atoms with Crippen LogP contribution in [0, 0.1) is 5.82 Å². The lowest BCUT2D eigenvalue weighted by atomic mass is 10.0. The lowest BCUT2D eigenvalue weighted by Gasteiger charge is -2.12. The van der Waals surface area contributed by atoms with Gasteiger partial charge < -0.3 is 9.84 Å². The molecule has 0 radical (unpaired) electrons. The molecule has 3 heteroatoms. The molecule has 0 aromatic heterocycles. The van der Waals surface area contributed by atoms with Gasteiger partial charge in [-0.15, -0.1) is 0 Å². The number of rotatable bonds is 2. The normalized spacial score (nSPS) is 20.9. The molecule has 80 valence electrons. The molecule has 15 heavy (non-hydrogen) atoms. The van der Waals surface area contributed by atoms with Crippen molar-refractivity contribution in [3.8, 4) is 5.75 Å². The molecule has 0 bridgehead atoms. The molecule has 0 amide bonds. The number of aliphatic hydroxyl groups is 1. The predicted octanol–water partition coefficient (Wildman–Crippen LogP) is 1.83. The maximum absolute atomic E-state index is 13.6. The zero-order chi connectivity index (χ0) is 10.5. The maximum Gasteiger partial charge on any atom is 0.130 e. The minimum Gasteiger partial charge on any atom is -0.493 e. The monoisotopic (exact) mass is 208 g/mol. The summed E-state index contributed by atoms with van der Waals surface area (Å²) in [6, 6.07) is 3.26. The first-order valence-electron chi connectivity index (χ1n) is 5.33. The van der Waals surface area contributed by atoms with Gasteiger partial charge in [0.1, 0.15) is 11.6 Å². The molecule has 1 saturated carbocycles. The summed E-state index contributed by atoms with van der Waals surface area (Å²) in [6.45, 7) is 0.629. The van der Waals surface area contributed by atoms with E-state index < -0.39 is 5.60 Å². The molecule has 0 atom stereocenters. The number of benzene rings is 1. The quantitative estimate of drug-likeness (QED) is 0.803. The second-order valence-corrected chi connectivity index (χ2v) is 4.51. The third kappa shape index (κ3) is 1.51. The lowest BCUT2D eigenvalue weighted by Crippen LogP contribution is -2.13. The average Bonchev–Trinajstić information content (AvgIpc) is 2.78. The first kappa shape index (κ1) is 9.16. The largest absolute Gasteiger partial charge is 0.493 e. The van der Waals surface area contributed by atoms with Gasteiger partial charge in [0.05, 0.1) is 12.2 Å². The summed E-state index contributed by atoms with van der Waals surface area (Å²) in [7, 11) is 0. The van der Waals surface area contributed by atoms with Gasteiger partial charge in [0.15, 0.2) is 0 Å². The number of ether oxygens (including phenoxy) is 1. The zero-order valence-electron chi connectivity index (χ0n) is 8.42. The van der Waals surface area contributed by atoms with E-state index in [4.69, 9.17) is 4.74 Å². The average molecular weight is 208 g/mol. The highest BCUT2D eigenvalue weighted by molar-refractivity contribution is 5.45. The number of halogens is 1. The minimum absolute atomic E-state index is 0.254. The summed E-state index contributed by atoms with van der Waals surface area (Å²) < 4.78 is 19.0. The van der Waals surface area contributed by atoms with E-state index in [2.05, 4.69) is 0 Å². The molecule has 1 aliphatic carbocycles. The van der Waals surface area contributed by atoms with Crippen LogP contribution in [0.25, 0.3) is 0 Å². The van der Waals surface area contributed by atoms with Crippen molar-refractivity contribution in [2.45, 2.75) is 31.3 Å². The Morgan fingerprint density at radius 1 is 1.40 bits per heavy atom. The second kappa shape index (κ2) is 2.95. The van der Waals surface area contributed by atoms with Gasteiger partial charge in [-0.1, -0.05) is 6.07 Å². The number of hydrogen-bond donors (Lipinski definition) is 1. The second-order valence-electron chi connectivity index (χ2n) is 4.51. The van der Waals surface area contributed by atoms with E-state index in [0.29, 0.717) is 24.3 Å². The molecule has 3 rings (SSSR count). The SMILES string of the molecule is OC1(Cc2c(F)ccc3c2OCC3)CC1. The van der Waals surface area contributed by atoms with Gasteiger partial charge in [0.25, 0.3) is 0 Å². The Morgan fingerprint density at radius 3 is 2.93 bits per heavy atom. The van der Waals surface area contributed by atoms with Crippen molar-refractivity contribution < 1.29 is 14.2 Å². The Labute approximate surface area is 87.7 Å². The summed E-state index contributed by atoms with van der Waals surface area (Å²) >= 11 is 0. The van der Waals surface area contributed by atoms with E-state index in [1.165, 1.54) is 6.07 Å². The topological polar surface area (TPSA) is 29.5 Å². The molecule has 0 saturated heterocycles. The molecule has 0 spiro atoms. The third-order valence-electron chi connectivity index (χ3n) is 3.24. The molecule has 2 aliphatic rings. The van der Waals surface area contributed by atoms with Gasteiger partial charge in [-0.2, -0.15) is 0 Å². The van der Waals surface area contributed by atoms with E-state index in [-0.39, 0.29) is 5.82 Å². The fourth-order valence-corrected chi connectivity index (χ4v) is 2.11. The van der Waals surface area contributed by atoms with Crippen LogP contribution in [-0.2, 0) is 12.8 Å². The molecular weight excluding hydrogens is 195 g/mol. The van der Waals surface area contributed by atoms with Crippen molar-refractivity contribution in [3.05, 3.63) is 29.1 Å². The number of fused-ring (bicyclic) bond motifs is 1. The zero-order valence-corrected chi connectivity index (χ0v) is 8.42. The van der Waals surface area contributed by atoms with Crippen molar-refractivity contribution in [1.29, 1.82) is 0 Å². The third-order valence-corrected chi connectivity index (χ3v) is 3.24. The molecular formula is C12H13FO2. The Morgan fingerprint density at radius 2 is 2.20 bits per heavy atom. The van der Waals surface area contributed by atoms with Crippen LogP contribution in [-0.4, -0.2) is 17.3 Å². The van der Waals surface area contributed by atoms with Crippen LogP contribution >= 0.6 is 0 Å². The Hall–Kier alpha value is -1.09. The van der Waals surface area contributed by atoms with E-state index >= 15 is 0 Å². The van der Waals surface area contributed by atoms with Crippen LogP contribution in [0.3, 0.4) is 0 Å². The summed E-state index contributed by atoms with van der Waals surface area (Å²) in [5.41, 5.74) is 0.961. The Balaban J connectivity index is 2.01. The molecule has 1 heterocycles. The molecule has 1 aromatic rings. The van der Waals surface area contributed by atoms with Gasteiger partial charge >= 0.3 is 0 Å².